The summed E-state index contributed by atoms with van der Waals surface area (Å²) in [6, 6.07) is 5.10. The van der Waals surface area contributed by atoms with Crippen LogP contribution in [0.1, 0.15) is 57.6 Å². The van der Waals surface area contributed by atoms with Crippen molar-refractivity contribution in [1.82, 2.24) is 9.71 Å². The minimum absolute atomic E-state index is 0.0229. The van der Waals surface area contributed by atoms with Gasteiger partial charge in [0.2, 0.25) is 15.9 Å². The number of aliphatic hydroxyl groups is 1. The van der Waals surface area contributed by atoms with Crippen molar-refractivity contribution in [2.24, 2.45) is 0 Å². The number of pyridine rings is 1. The van der Waals surface area contributed by atoms with E-state index in [2.05, 4.69) is 4.98 Å². The number of hydrogen-bond acceptors (Lipinski definition) is 7. The summed E-state index contributed by atoms with van der Waals surface area (Å²) in [6.45, 7) is 5.30. The highest BCUT2D eigenvalue weighted by Gasteiger charge is 2.32. The number of amides is 1. The van der Waals surface area contributed by atoms with Crippen molar-refractivity contribution in [1.29, 1.82) is 0 Å². The van der Waals surface area contributed by atoms with Gasteiger partial charge in [-0.05, 0) is 44.5 Å². The van der Waals surface area contributed by atoms with Gasteiger partial charge < -0.3 is 14.6 Å². The molecular weight excluding hydrogens is 549 g/mol. The number of carbonyl (C=O) groups excluding carboxylic acids is 1. The van der Waals surface area contributed by atoms with E-state index >= 15 is 0 Å². The van der Waals surface area contributed by atoms with Crippen molar-refractivity contribution < 1.29 is 41.0 Å². The summed E-state index contributed by atoms with van der Waals surface area (Å²) in [4.78, 5) is 15.9. The van der Waals surface area contributed by atoms with Crippen molar-refractivity contribution >= 4 is 33.6 Å². The van der Waals surface area contributed by atoms with Crippen LogP contribution in [0.4, 0.5) is 13.2 Å². The fourth-order valence-corrected chi connectivity index (χ4v) is 4.22. The number of alkyl halides is 3. The Kier molecular flexibility index (Phi) is 11.0. The highest BCUT2D eigenvalue weighted by molar-refractivity contribution is 7.90. The number of nitrogens with zero attached hydrogens (tertiary/aromatic N) is 1. The van der Waals surface area contributed by atoms with E-state index in [1.54, 1.807) is 13.8 Å². The minimum Gasteiger partial charge on any atom is -0.493 e. The van der Waals surface area contributed by atoms with E-state index in [1.807, 2.05) is 11.6 Å². The molecule has 210 valence electrons. The molecule has 0 saturated carbocycles. The second-order valence-corrected chi connectivity index (χ2v) is 11.3. The Morgan fingerprint density at radius 1 is 1.21 bits per heavy atom. The minimum atomic E-state index is -4.65. The smallest absolute Gasteiger partial charge is 0.417 e. The number of aromatic nitrogens is 1. The van der Waals surface area contributed by atoms with Gasteiger partial charge >= 0.3 is 6.18 Å². The third-order valence-electron chi connectivity index (χ3n) is 5.00. The molecule has 0 bridgehead atoms. The first-order valence-corrected chi connectivity index (χ1v) is 13.7. The highest BCUT2D eigenvalue weighted by Crippen LogP contribution is 2.36. The molecule has 13 heteroatoms. The van der Waals surface area contributed by atoms with Gasteiger partial charge in [-0.1, -0.05) is 31.4 Å². The normalized spacial score (nSPS) is 12.5. The van der Waals surface area contributed by atoms with Gasteiger partial charge in [-0.25, -0.2) is 18.1 Å². The SMILES string of the molecule is CCCCCS(=O)(=O)NC(=O)C=Cc1ccc(OCCC(C)(C)O)cc1Oc1ncc(C(F)(F)F)cc1Cl. The van der Waals surface area contributed by atoms with E-state index in [0.717, 1.165) is 12.5 Å². The second kappa shape index (κ2) is 13.3. The van der Waals surface area contributed by atoms with Crippen LogP contribution in [-0.2, 0) is 21.0 Å². The third-order valence-corrected chi connectivity index (χ3v) is 6.61. The maximum absolute atomic E-state index is 13.0. The van der Waals surface area contributed by atoms with Gasteiger partial charge in [0, 0.05) is 30.3 Å². The van der Waals surface area contributed by atoms with E-state index in [1.165, 1.54) is 24.3 Å². The largest absolute Gasteiger partial charge is 0.493 e. The van der Waals surface area contributed by atoms with Crippen LogP contribution in [0.3, 0.4) is 0 Å². The van der Waals surface area contributed by atoms with Crippen LogP contribution >= 0.6 is 11.6 Å². The zero-order chi connectivity index (χ0) is 28.6. The molecule has 1 heterocycles. The van der Waals surface area contributed by atoms with Crippen LogP contribution in [0.5, 0.6) is 17.4 Å². The molecule has 38 heavy (non-hydrogen) atoms. The van der Waals surface area contributed by atoms with Crippen molar-refractivity contribution in [2.75, 3.05) is 12.4 Å². The number of benzene rings is 1. The number of hydrogen-bond donors (Lipinski definition) is 2. The van der Waals surface area contributed by atoms with Gasteiger partial charge in [-0.3, -0.25) is 4.79 Å². The van der Waals surface area contributed by atoms with Crippen molar-refractivity contribution in [3.05, 3.63) is 52.7 Å². The molecule has 0 unspecified atom stereocenters. The van der Waals surface area contributed by atoms with Crippen LogP contribution in [0, 0.1) is 0 Å². The van der Waals surface area contributed by atoms with Crippen LogP contribution < -0.4 is 14.2 Å². The molecule has 0 radical (unpaired) electrons. The molecule has 0 aliphatic rings. The first-order chi connectivity index (χ1) is 17.6. The fourth-order valence-electron chi connectivity index (χ4n) is 2.95. The molecule has 0 atom stereocenters. The second-order valence-electron chi connectivity index (χ2n) is 9.05. The predicted molar refractivity (Wildman–Crippen MR) is 138 cm³/mol. The average Bonchev–Trinajstić information content (AvgIpc) is 2.78. The lowest BCUT2D eigenvalue weighted by atomic mass is 10.1. The van der Waals surface area contributed by atoms with Gasteiger partial charge in [0.15, 0.2) is 0 Å². The fraction of sp³-hybridized carbons (Fsp3) is 0.440. The van der Waals surface area contributed by atoms with Crippen molar-refractivity contribution in [3.63, 3.8) is 0 Å². The number of carbonyl (C=O) groups is 1. The van der Waals surface area contributed by atoms with E-state index in [9.17, 15) is 31.5 Å². The van der Waals surface area contributed by atoms with Gasteiger partial charge in [-0.2, -0.15) is 13.2 Å². The van der Waals surface area contributed by atoms with Crippen LogP contribution in [0.15, 0.2) is 36.5 Å². The molecule has 0 aliphatic carbocycles. The number of sulfonamides is 1. The molecule has 0 fully saturated rings. The predicted octanol–water partition coefficient (Wildman–Crippen LogP) is 5.74. The molecule has 1 amide bonds. The first-order valence-electron chi connectivity index (χ1n) is 11.7. The number of ether oxygens (including phenoxy) is 2. The van der Waals surface area contributed by atoms with Crippen LogP contribution in [-0.4, -0.2) is 42.4 Å². The maximum atomic E-state index is 13.0. The van der Waals surface area contributed by atoms with Gasteiger partial charge in [0.05, 0.1) is 23.5 Å². The standard InChI is InChI=1S/C25H30ClF3N2O6S/c1-4-5-6-13-38(34,35)31-22(32)10-8-17-7-9-19(36-12-11-24(2,3)33)15-21(17)37-23-20(26)14-18(16-30-23)25(27,28)29/h7-10,14-16,33H,4-6,11-13H2,1-3H3,(H,31,32). The van der Waals surface area contributed by atoms with E-state index in [4.69, 9.17) is 21.1 Å². The molecule has 0 aliphatic heterocycles. The topological polar surface area (TPSA) is 115 Å². The number of unbranched alkanes of at least 4 members (excludes halogenated alkanes) is 2. The van der Waals surface area contributed by atoms with Crippen LogP contribution in [0.25, 0.3) is 6.08 Å². The Hall–Kier alpha value is -2.83. The molecule has 1 aromatic carbocycles. The van der Waals surface area contributed by atoms with E-state index in [0.29, 0.717) is 37.3 Å². The number of nitrogens with one attached hydrogen (secondary N) is 1. The molecule has 0 saturated heterocycles. The van der Waals surface area contributed by atoms with Gasteiger partial charge in [-0.15, -0.1) is 0 Å². The lowest BCUT2D eigenvalue weighted by molar-refractivity contribution is -0.137. The molecular formula is C25H30ClF3N2O6S. The molecule has 2 aromatic rings. The summed E-state index contributed by atoms with van der Waals surface area (Å²) >= 11 is 5.97. The summed E-state index contributed by atoms with van der Waals surface area (Å²) in [7, 11) is -3.81. The van der Waals surface area contributed by atoms with Gasteiger partial charge in [0.1, 0.15) is 16.5 Å². The highest BCUT2D eigenvalue weighted by atomic mass is 35.5. The summed E-state index contributed by atoms with van der Waals surface area (Å²) in [5.74, 6) is -1.08. The first kappa shape index (κ1) is 31.4. The number of rotatable bonds is 13. The van der Waals surface area contributed by atoms with Gasteiger partial charge in [0.25, 0.3) is 5.91 Å². The maximum Gasteiger partial charge on any atom is 0.417 e. The summed E-state index contributed by atoms with van der Waals surface area (Å²) in [5.41, 5.74) is -1.77. The Morgan fingerprint density at radius 2 is 1.92 bits per heavy atom. The molecule has 0 spiro atoms. The van der Waals surface area contributed by atoms with Crippen LogP contribution in [0.2, 0.25) is 5.02 Å². The Bertz CT molecular complexity index is 1240. The molecule has 8 nitrogen and oxygen atoms in total. The lowest BCUT2D eigenvalue weighted by Gasteiger charge is -2.17. The zero-order valence-corrected chi connectivity index (χ0v) is 22.7. The molecule has 1 aromatic heterocycles. The van der Waals surface area contributed by atoms with Crippen molar-refractivity contribution in [3.8, 4) is 17.4 Å². The zero-order valence-electron chi connectivity index (χ0n) is 21.1. The monoisotopic (exact) mass is 578 g/mol. The summed E-state index contributed by atoms with van der Waals surface area (Å²) < 4.78 is 76.2. The average molecular weight is 579 g/mol. The Labute approximate surface area is 224 Å². The molecule has 2 rings (SSSR count). The van der Waals surface area contributed by atoms with Crippen molar-refractivity contribution in [2.45, 2.75) is 58.2 Å². The Balaban J connectivity index is 2.30. The quantitative estimate of drug-likeness (QED) is 0.230. The summed E-state index contributed by atoms with van der Waals surface area (Å²) in [6.07, 6.45) is 0.415. The molecule has 2 N–H and O–H groups in total. The third kappa shape index (κ3) is 10.9. The Morgan fingerprint density at radius 3 is 2.53 bits per heavy atom. The summed E-state index contributed by atoms with van der Waals surface area (Å²) in [5, 5.41) is 9.46. The lowest BCUT2D eigenvalue weighted by Crippen LogP contribution is -2.31. The van der Waals surface area contributed by atoms with E-state index in [-0.39, 0.29) is 29.6 Å². The van der Waals surface area contributed by atoms with E-state index < -0.39 is 38.3 Å². The number of halogens is 4.